The number of benzene rings is 2. The number of fused-ring (bicyclic) bond motifs is 1. The first-order valence-electron chi connectivity index (χ1n) is 11.1. The number of amides is 2. The highest BCUT2D eigenvalue weighted by atomic mass is 35.5. The zero-order valence-electron chi connectivity index (χ0n) is 19.1. The first-order chi connectivity index (χ1) is 17.5. The lowest BCUT2D eigenvalue weighted by molar-refractivity contribution is -0.139. The number of para-hydroxylation sites is 1. The molecule has 0 saturated carbocycles. The van der Waals surface area contributed by atoms with E-state index in [2.05, 4.69) is 25.7 Å². The number of aromatic nitrogens is 4. The second-order valence-electron chi connectivity index (χ2n) is 7.79. The van der Waals surface area contributed by atoms with E-state index in [9.17, 15) is 9.59 Å². The maximum absolute atomic E-state index is 13.0. The van der Waals surface area contributed by atoms with Gasteiger partial charge in [0.05, 0.1) is 35.5 Å². The van der Waals surface area contributed by atoms with Gasteiger partial charge in [-0.1, -0.05) is 53.7 Å². The SMILES string of the molecule is CCOC(=O)C1=C(CSc2ncnc3c2cnn3-c2ccccc2)NC(=O)N[C@@H]1c1ccc(Cl)cc1. The van der Waals surface area contributed by atoms with Crippen LogP contribution in [-0.4, -0.2) is 44.1 Å². The first kappa shape index (κ1) is 23.8. The minimum atomic E-state index is -0.683. The zero-order valence-corrected chi connectivity index (χ0v) is 20.7. The number of esters is 1. The van der Waals surface area contributed by atoms with Crippen molar-refractivity contribution in [3.63, 3.8) is 0 Å². The molecule has 9 nitrogen and oxygen atoms in total. The molecule has 4 aromatic rings. The molecule has 0 bridgehead atoms. The van der Waals surface area contributed by atoms with Crippen molar-refractivity contribution in [2.24, 2.45) is 0 Å². The van der Waals surface area contributed by atoms with Crippen LogP contribution in [0.5, 0.6) is 0 Å². The van der Waals surface area contributed by atoms with Gasteiger partial charge >= 0.3 is 12.0 Å². The number of carbonyl (C=O) groups excluding carboxylic acids is 2. The summed E-state index contributed by atoms with van der Waals surface area (Å²) in [5, 5.41) is 12.1. The van der Waals surface area contributed by atoms with Crippen LogP contribution in [0.1, 0.15) is 18.5 Å². The van der Waals surface area contributed by atoms with Gasteiger partial charge in [0.25, 0.3) is 0 Å². The predicted octanol–water partition coefficient (Wildman–Crippen LogP) is 4.43. The van der Waals surface area contributed by atoms with Crippen molar-refractivity contribution in [1.82, 2.24) is 30.4 Å². The molecule has 2 aromatic heterocycles. The highest BCUT2D eigenvalue weighted by molar-refractivity contribution is 7.99. The van der Waals surface area contributed by atoms with Crippen molar-refractivity contribution < 1.29 is 14.3 Å². The Kier molecular flexibility index (Phi) is 6.88. The average molecular weight is 521 g/mol. The van der Waals surface area contributed by atoms with Gasteiger partial charge in [0.2, 0.25) is 0 Å². The molecule has 11 heteroatoms. The van der Waals surface area contributed by atoms with Crippen molar-refractivity contribution in [2.75, 3.05) is 12.4 Å². The van der Waals surface area contributed by atoms with Crippen LogP contribution in [0.4, 0.5) is 4.79 Å². The van der Waals surface area contributed by atoms with Crippen molar-refractivity contribution in [1.29, 1.82) is 0 Å². The fourth-order valence-corrected chi connectivity index (χ4v) is 4.98. The van der Waals surface area contributed by atoms with E-state index in [0.29, 0.717) is 32.5 Å². The smallest absolute Gasteiger partial charge is 0.338 e. The molecular formula is C25H21ClN6O3S. The Balaban J connectivity index is 1.49. The summed E-state index contributed by atoms with van der Waals surface area (Å²) in [6.07, 6.45) is 3.19. The summed E-state index contributed by atoms with van der Waals surface area (Å²) in [4.78, 5) is 34.4. The molecule has 5 rings (SSSR count). The van der Waals surface area contributed by atoms with Crippen molar-refractivity contribution in [3.05, 3.63) is 89.0 Å². The molecule has 0 aliphatic carbocycles. The summed E-state index contributed by atoms with van der Waals surface area (Å²) in [6.45, 7) is 1.94. The molecule has 2 amide bonds. The number of hydrogen-bond acceptors (Lipinski definition) is 7. The Morgan fingerprint density at radius 3 is 2.67 bits per heavy atom. The molecule has 2 N–H and O–H groups in total. The standard InChI is InChI=1S/C25H21ClN6O3S/c1-2-35-24(33)20-19(30-25(34)31-21(20)15-8-10-16(26)11-9-15)13-36-23-18-12-29-32(22(18)27-14-28-23)17-6-4-3-5-7-17/h3-12,14,21H,2,13H2,1H3,(H2,30,31,34)/t21-/m1/s1. The van der Waals surface area contributed by atoms with E-state index >= 15 is 0 Å². The second kappa shape index (κ2) is 10.4. The molecule has 1 atom stereocenters. The van der Waals surface area contributed by atoms with E-state index in [1.165, 1.54) is 18.1 Å². The Bertz CT molecular complexity index is 1460. The second-order valence-corrected chi connectivity index (χ2v) is 9.19. The number of halogens is 1. The first-order valence-corrected chi connectivity index (χ1v) is 12.5. The van der Waals surface area contributed by atoms with Gasteiger partial charge in [-0.15, -0.1) is 0 Å². The Morgan fingerprint density at radius 1 is 1.14 bits per heavy atom. The molecule has 0 fully saturated rings. The molecule has 0 saturated heterocycles. The molecule has 36 heavy (non-hydrogen) atoms. The number of ether oxygens (including phenoxy) is 1. The van der Waals surface area contributed by atoms with E-state index in [-0.39, 0.29) is 12.4 Å². The number of rotatable bonds is 7. The average Bonchev–Trinajstić information content (AvgIpc) is 3.33. The van der Waals surface area contributed by atoms with E-state index in [1.54, 1.807) is 42.1 Å². The minimum Gasteiger partial charge on any atom is -0.463 e. The number of nitrogens with zero attached hydrogens (tertiary/aromatic N) is 4. The summed E-state index contributed by atoms with van der Waals surface area (Å²) < 4.78 is 7.08. The Morgan fingerprint density at radius 2 is 1.92 bits per heavy atom. The van der Waals surface area contributed by atoms with Crippen LogP contribution < -0.4 is 10.6 Å². The maximum atomic E-state index is 13.0. The van der Waals surface area contributed by atoms with E-state index in [1.807, 2.05) is 30.3 Å². The third kappa shape index (κ3) is 4.77. The van der Waals surface area contributed by atoms with Crippen LogP contribution in [0.3, 0.4) is 0 Å². The van der Waals surface area contributed by atoms with Gasteiger partial charge in [-0.2, -0.15) is 5.10 Å². The van der Waals surface area contributed by atoms with Gasteiger partial charge in [0.15, 0.2) is 5.65 Å². The highest BCUT2D eigenvalue weighted by Crippen LogP contribution is 2.32. The molecule has 182 valence electrons. The topological polar surface area (TPSA) is 111 Å². The highest BCUT2D eigenvalue weighted by Gasteiger charge is 2.33. The summed E-state index contributed by atoms with van der Waals surface area (Å²) in [5.74, 6) is -0.237. The lowest BCUT2D eigenvalue weighted by Crippen LogP contribution is -2.46. The van der Waals surface area contributed by atoms with Gasteiger partial charge in [-0.3, -0.25) is 0 Å². The van der Waals surface area contributed by atoms with Crippen LogP contribution in [-0.2, 0) is 9.53 Å². The summed E-state index contributed by atoms with van der Waals surface area (Å²) >= 11 is 7.41. The monoisotopic (exact) mass is 520 g/mol. The molecule has 2 aromatic carbocycles. The zero-order chi connectivity index (χ0) is 25.1. The van der Waals surface area contributed by atoms with E-state index < -0.39 is 18.0 Å². The number of carbonyl (C=O) groups is 2. The number of hydrogen-bond donors (Lipinski definition) is 2. The minimum absolute atomic E-state index is 0.204. The number of urea groups is 1. The largest absolute Gasteiger partial charge is 0.463 e. The van der Waals surface area contributed by atoms with Gasteiger partial charge in [-0.25, -0.2) is 24.2 Å². The van der Waals surface area contributed by atoms with E-state index in [4.69, 9.17) is 16.3 Å². The lowest BCUT2D eigenvalue weighted by Gasteiger charge is -2.29. The Labute approximate surface area is 215 Å². The number of thioether (sulfide) groups is 1. The summed E-state index contributed by atoms with van der Waals surface area (Å²) in [6, 6.07) is 15.6. The van der Waals surface area contributed by atoms with Crippen molar-refractivity contribution >= 4 is 46.4 Å². The fourth-order valence-electron chi connectivity index (χ4n) is 3.92. The van der Waals surface area contributed by atoms with Crippen molar-refractivity contribution in [3.8, 4) is 5.69 Å². The summed E-state index contributed by atoms with van der Waals surface area (Å²) in [5.41, 5.74) is 3.03. The van der Waals surface area contributed by atoms with Gasteiger partial charge in [0, 0.05) is 16.5 Å². The maximum Gasteiger partial charge on any atom is 0.338 e. The Hall–Kier alpha value is -3.89. The molecular weight excluding hydrogens is 500 g/mol. The summed E-state index contributed by atoms with van der Waals surface area (Å²) in [7, 11) is 0. The molecule has 0 radical (unpaired) electrons. The van der Waals surface area contributed by atoms with Gasteiger partial charge in [-0.05, 0) is 36.8 Å². The van der Waals surface area contributed by atoms with Gasteiger partial charge in [0.1, 0.15) is 11.4 Å². The quantitative estimate of drug-likeness (QED) is 0.210. The number of nitrogens with one attached hydrogen (secondary N) is 2. The normalized spacial score (nSPS) is 15.5. The van der Waals surface area contributed by atoms with Crippen molar-refractivity contribution in [2.45, 2.75) is 18.0 Å². The lowest BCUT2D eigenvalue weighted by atomic mass is 9.95. The van der Waals surface area contributed by atoms with Crippen LogP contribution in [0.15, 0.2) is 83.4 Å². The van der Waals surface area contributed by atoms with Crippen LogP contribution >= 0.6 is 23.4 Å². The van der Waals surface area contributed by atoms with Gasteiger partial charge < -0.3 is 15.4 Å². The van der Waals surface area contributed by atoms with Crippen LogP contribution in [0, 0.1) is 0 Å². The molecule has 0 unspecified atom stereocenters. The predicted molar refractivity (Wildman–Crippen MR) is 137 cm³/mol. The van der Waals surface area contributed by atoms with E-state index in [0.717, 1.165) is 11.1 Å². The third-order valence-corrected chi connectivity index (χ3v) is 6.82. The molecule has 3 heterocycles. The molecule has 0 spiro atoms. The van der Waals surface area contributed by atoms with Crippen LogP contribution in [0.25, 0.3) is 16.7 Å². The molecule has 1 aliphatic heterocycles. The third-order valence-electron chi connectivity index (χ3n) is 5.54. The fraction of sp³-hybridized carbons (Fsp3) is 0.160. The molecule has 1 aliphatic rings. The van der Waals surface area contributed by atoms with Crippen LogP contribution in [0.2, 0.25) is 5.02 Å².